The van der Waals surface area contributed by atoms with Gasteiger partial charge in [0.2, 0.25) is 0 Å². The first-order valence-electron chi connectivity index (χ1n) is 9.62. The van der Waals surface area contributed by atoms with Crippen LogP contribution in [-0.2, 0) is 52.4 Å². The first kappa shape index (κ1) is 40.6. The van der Waals surface area contributed by atoms with E-state index in [1.807, 2.05) is 0 Å². The molecule has 0 aromatic carbocycles. The summed E-state index contributed by atoms with van der Waals surface area (Å²) in [6, 6.07) is 0. The van der Waals surface area contributed by atoms with E-state index in [1.165, 1.54) is 44.5 Å². The van der Waals surface area contributed by atoms with E-state index in [2.05, 4.69) is 102 Å². The molecule has 0 nitrogen and oxygen atoms in total. The van der Waals surface area contributed by atoms with Crippen LogP contribution in [0.4, 0.5) is 0 Å². The van der Waals surface area contributed by atoms with Crippen molar-refractivity contribution in [1.29, 1.82) is 0 Å². The molecule has 4 aromatic heterocycles. The van der Waals surface area contributed by atoms with E-state index in [9.17, 15) is 0 Å². The van der Waals surface area contributed by atoms with Crippen LogP contribution in [-0.4, -0.2) is 0 Å². The molecular formula is C24H36Cl2P4Zr2-2. The number of hydrogen-bond donors (Lipinski definition) is 0. The van der Waals surface area contributed by atoms with Crippen molar-refractivity contribution in [3.05, 3.63) is 90.9 Å². The van der Waals surface area contributed by atoms with Gasteiger partial charge in [-0.2, -0.15) is 0 Å². The van der Waals surface area contributed by atoms with Crippen LogP contribution in [0.3, 0.4) is 0 Å². The molecular weight excluding hydrogens is 666 g/mol. The first-order valence-corrected chi connectivity index (χ1v) is 14.2. The van der Waals surface area contributed by atoms with Gasteiger partial charge in [-0.1, -0.05) is 0 Å². The van der Waals surface area contributed by atoms with Gasteiger partial charge in [0.15, 0.2) is 0 Å². The molecule has 176 valence electrons. The normalized spacial score (nSPS) is 8.25. The minimum absolute atomic E-state index is 0. The van der Waals surface area contributed by atoms with Gasteiger partial charge >= 0.3 is 0 Å². The number of aryl methyl sites for hydroxylation is 8. The van der Waals surface area contributed by atoms with E-state index in [4.69, 9.17) is 0 Å². The summed E-state index contributed by atoms with van der Waals surface area (Å²) < 4.78 is 0. The summed E-state index contributed by atoms with van der Waals surface area (Å²) in [5.41, 5.74) is 11.7. The second-order valence-electron chi connectivity index (χ2n) is 7.29. The van der Waals surface area contributed by atoms with Crippen molar-refractivity contribution in [2.45, 2.75) is 55.4 Å². The van der Waals surface area contributed by atoms with Gasteiger partial charge in [0.05, 0.1) is 0 Å². The summed E-state index contributed by atoms with van der Waals surface area (Å²) in [6.45, 7) is 17.3. The zero-order valence-electron chi connectivity index (χ0n) is 20.4. The molecule has 4 heterocycles. The van der Waals surface area contributed by atoms with Crippen LogP contribution in [0.5, 0.6) is 0 Å². The van der Waals surface area contributed by atoms with Crippen molar-refractivity contribution in [2.24, 2.45) is 0 Å². The summed E-state index contributed by atoms with van der Waals surface area (Å²) in [5.74, 6) is 18.2. The van der Waals surface area contributed by atoms with E-state index in [0.29, 0.717) is 0 Å². The average molecular weight is 702 g/mol. The quantitative estimate of drug-likeness (QED) is 0.264. The summed E-state index contributed by atoms with van der Waals surface area (Å²) >= 11 is 0. The smallest absolute Gasteiger partial charge is 0 e. The Morgan fingerprint density at radius 3 is 0.438 bits per heavy atom. The van der Waals surface area contributed by atoms with Crippen LogP contribution >= 0.6 is 32.8 Å². The van der Waals surface area contributed by atoms with Crippen LogP contribution in [0.2, 0.25) is 0 Å². The maximum absolute atomic E-state index is 2.27. The molecule has 0 bridgehead atoms. The minimum atomic E-state index is 0. The van der Waals surface area contributed by atoms with E-state index in [-0.39, 0.29) is 77.2 Å². The van der Waals surface area contributed by atoms with Gasteiger partial charge in [-0.05, 0) is 146 Å². The average Bonchev–Trinajstić information content (AvgIpc) is 3.41. The molecule has 4 rings (SSSR count). The van der Waals surface area contributed by atoms with E-state index in [0.717, 1.165) is 32.8 Å². The third-order valence-electron chi connectivity index (χ3n) is 4.89. The summed E-state index contributed by atoms with van der Waals surface area (Å²) in [6.07, 6.45) is 0. The zero-order valence-corrected chi connectivity index (χ0v) is 30.8. The third-order valence-corrected chi connectivity index (χ3v) is 9.68. The van der Waals surface area contributed by atoms with Crippen LogP contribution < -0.4 is 24.8 Å². The van der Waals surface area contributed by atoms with Crippen LogP contribution in [0.15, 0.2) is 46.4 Å². The molecule has 8 heteroatoms. The minimum Gasteiger partial charge on any atom is -1.00 e. The molecule has 4 aromatic rings. The predicted molar refractivity (Wildman–Crippen MR) is 142 cm³/mol. The molecule has 0 N–H and O–H groups in total. The molecule has 0 atom stereocenters. The Labute approximate surface area is 253 Å². The second-order valence-corrected chi connectivity index (χ2v) is 10.9. The monoisotopic (exact) mass is 698 g/mol. The Hall–Kier alpha value is 1.47. The summed E-state index contributed by atoms with van der Waals surface area (Å²) in [5, 5.41) is 0. The van der Waals surface area contributed by atoms with Crippen molar-refractivity contribution in [3.63, 3.8) is 0 Å². The van der Waals surface area contributed by atoms with Gasteiger partial charge in [0, 0.05) is 52.4 Å². The van der Waals surface area contributed by atoms with E-state index < -0.39 is 0 Å². The fourth-order valence-electron chi connectivity index (χ4n) is 2.08. The number of halogens is 2. The van der Waals surface area contributed by atoms with Gasteiger partial charge in [0.1, 0.15) is 0 Å². The number of rotatable bonds is 0. The maximum atomic E-state index is 2.27. The van der Waals surface area contributed by atoms with Crippen molar-refractivity contribution in [1.82, 2.24) is 0 Å². The molecule has 0 fully saturated rings. The fourth-order valence-corrected chi connectivity index (χ4v) is 6.23. The van der Waals surface area contributed by atoms with Gasteiger partial charge in [0.25, 0.3) is 0 Å². The van der Waals surface area contributed by atoms with Crippen molar-refractivity contribution >= 4 is 32.8 Å². The van der Waals surface area contributed by atoms with E-state index >= 15 is 0 Å². The predicted octanol–water partition coefficient (Wildman–Crippen LogP) is 3.34. The van der Waals surface area contributed by atoms with Gasteiger partial charge in [-0.3, -0.25) is 0 Å². The molecule has 0 amide bonds. The summed E-state index contributed by atoms with van der Waals surface area (Å²) in [7, 11) is 3.78. The Balaban J connectivity index is -0.000000157. The third kappa shape index (κ3) is 17.0. The molecule has 0 aliphatic carbocycles. The fraction of sp³-hybridized carbons (Fsp3) is 0.333. The van der Waals surface area contributed by atoms with Crippen LogP contribution in [0.1, 0.15) is 44.5 Å². The summed E-state index contributed by atoms with van der Waals surface area (Å²) in [4.78, 5) is 0. The van der Waals surface area contributed by atoms with Crippen molar-refractivity contribution in [2.75, 3.05) is 0 Å². The molecule has 32 heavy (non-hydrogen) atoms. The second kappa shape index (κ2) is 22.9. The molecule has 0 saturated carbocycles. The Kier molecular flexibility index (Phi) is 29.1. The molecule has 0 aliphatic rings. The first-order chi connectivity index (χ1) is 13.2. The topological polar surface area (TPSA) is 0 Å². The van der Waals surface area contributed by atoms with Crippen LogP contribution in [0, 0.1) is 55.4 Å². The number of hydrogen-bond acceptors (Lipinski definition) is 0. The maximum Gasteiger partial charge on any atom is 0 e. The van der Waals surface area contributed by atoms with Crippen LogP contribution in [0.25, 0.3) is 0 Å². The van der Waals surface area contributed by atoms with Crippen molar-refractivity contribution in [3.8, 4) is 0 Å². The largest absolute Gasteiger partial charge is 1.00 e. The Bertz CT molecular complexity index is 720. The van der Waals surface area contributed by atoms with Gasteiger partial charge in [-0.25, -0.2) is 0 Å². The Morgan fingerprint density at radius 2 is 0.406 bits per heavy atom. The molecule has 0 radical (unpaired) electrons. The Morgan fingerprint density at radius 1 is 0.312 bits per heavy atom. The standard InChI is InChI=1S/4C6H9P.2ClH.2Zr/c4*1-5-3-7-4-6(5)2;;;;/h4*3-4,7H,1-2H3;2*1H;;/p-2. The molecule has 0 aliphatic heterocycles. The SMILES string of the molecule is Cc1c[pH]cc1C.Cc1c[pH]cc1C.Cc1c[pH]cc1C.Cc1c[pH]cc1C.[Cl-].[Cl-].[Zr].[Zr]. The van der Waals surface area contributed by atoms with Crippen molar-refractivity contribution < 1.29 is 77.2 Å². The molecule has 0 unspecified atom stereocenters. The van der Waals surface area contributed by atoms with E-state index in [1.54, 1.807) is 0 Å². The van der Waals surface area contributed by atoms with Gasteiger partial charge < -0.3 is 24.8 Å². The van der Waals surface area contributed by atoms with Gasteiger partial charge in [-0.15, -0.1) is 32.8 Å². The molecule has 0 spiro atoms. The molecule has 0 saturated heterocycles. The zero-order chi connectivity index (χ0) is 21.1.